The van der Waals surface area contributed by atoms with Crippen LogP contribution < -0.4 is 5.32 Å². The lowest BCUT2D eigenvalue weighted by atomic mass is 10.0. The summed E-state index contributed by atoms with van der Waals surface area (Å²) in [4.78, 5) is 12.3. The first-order valence-corrected chi connectivity index (χ1v) is 7.78. The van der Waals surface area contributed by atoms with Crippen LogP contribution in [-0.2, 0) is 7.05 Å². The summed E-state index contributed by atoms with van der Waals surface area (Å²) in [7, 11) is 1.77. The standard InChI is InChI=1S/C18H19N5O/c1-12(2)13-8-10-16(11-9-13)19-18(24)15-6-4-14(5-7-15)17-20-21-22-23(17)3/h4-12H,1-3H3,(H,19,24). The Labute approximate surface area is 140 Å². The molecular formula is C18H19N5O. The molecule has 1 heterocycles. The minimum absolute atomic E-state index is 0.144. The Balaban J connectivity index is 1.72. The van der Waals surface area contributed by atoms with Crippen molar-refractivity contribution in [2.24, 2.45) is 7.05 Å². The Hall–Kier alpha value is -3.02. The van der Waals surface area contributed by atoms with E-state index >= 15 is 0 Å². The molecule has 0 radical (unpaired) electrons. The van der Waals surface area contributed by atoms with Crippen molar-refractivity contribution < 1.29 is 4.79 Å². The van der Waals surface area contributed by atoms with Gasteiger partial charge in [-0.1, -0.05) is 38.1 Å². The van der Waals surface area contributed by atoms with Gasteiger partial charge in [0.1, 0.15) is 0 Å². The van der Waals surface area contributed by atoms with Gasteiger partial charge in [-0.15, -0.1) is 5.10 Å². The minimum Gasteiger partial charge on any atom is -0.322 e. The Morgan fingerprint density at radius 2 is 1.71 bits per heavy atom. The van der Waals surface area contributed by atoms with E-state index in [1.165, 1.54) is 5.56 Å². The first kappa shape index (κ1) is 15.9. The Morgan fingerprint density at radius 1 is 1.04 bits per heavy atom. The third-order valence-electron chi connectivity index (χ3n) is 3.86. The van der Waals surface area contributed by atoms with Crippen LogP contribution in [0.2, 0.25) is 0 Å². The number of hydrogen-bond donors (Lipinski definition) is 1. The lowest BCUT2D eigenvalue weighted by molar-refractivity contribution is 0.102. The SMILES string of the molecule is CC(C)c1ccc(NC(=O)c2ccc(-c3nnnn3C)cc2)cc1. The molecule has 2 aromatic carbocycles. The molecule has 0 bridgehead atoms. The maximum atomic E-state index is 12.3. The molecule has 0 aliphatic heterocycles. The molecule has 0 saturated heterocycles. The van der Waals surface area contributed by atoms with E-state index in [1.807, 2.05) is 36.4 Å². The van der Waals surface area contributed by atoms with Gasteiger partial charge >= 0.3 is 0 Å². The Bertz CT molecular complexity index is 835. The van der Waals surface area contributed by atoms with E-state index in [9.17, 15) is 4.79 Å². The van der Waals surface area contributed by atoms with Crippen LogP contribution >= 0.6 is 0 Å². The van der Waals surface area contributed by atoms with Crippen molar-refractivity contribution in [3.8, 4) is 11.4 Å². The predicted octanol–water partition coefficient (Wildman–Crippen LogP) is 3.25. The van der Waals surface area contributed by atoms with E-state index in [1.54, 1.807) is 23.9 Å². The molecule has 0 spiro atoms. The van der Waals surface area contributed by atoms with Gasteiger partial charge in [0.05, 0.1) is 0 Å². The highest BCUT2D eigenvalue weighted by atomic mass is 16.1. The first-order valence-electron chi connectivity index (χ1n) is 7.78. The molecule has 0 fully saturated rings. The second-order valence-electron chi connectivity index (χ2n) is 5.93. The van der Waals surface area contributed by atoms with E-state index in [0.29, 0.717) is 17.3 Å². The lowest BCUT2D eigenvalue weighted by Gasteiger charge is -2.09. The predicted molar refractivity (Wildman–Crippen MR) is 92.7 cm³/mol. The molecule has 1 N–H and O–H groups in total. The second-order valence-corrected chi connectivity index (χ2v) is 5.93. The van der Waals surface area contributed by atoms with Gasteiger partial charge in [-0.3, -0.25) is 4.79 Å². The number of anilines is 1. The molecular weight excluding hydrogens is 302 g/mol. The zero-order valence-corrected chi connectivity index (χ0v) is 13.9. The molecule has 3 rings (SSSR count). The van der Waals surface area contributed by atoms with Crippen LogP contribution in [0.1, 0.15) is 35.7 Å². The fourth-order valence-corrected chi connectivity index (χ4v) is 2.40. The van der Waals surface area contributed by atoms with Gasteiger partial charge in [0.15, 0.2) is 5.82 Å². The fourth-order valence-electron chi connectivity index (χ4n) is 2.40. The third kappa shape index (κ3) is 3.32. The summed E-state index contributed by atoms with van der Waals surface area (Å²) in [5.74, 6) is 0.985. The molecule has 6 nitrogen and oxygen atoms in total. The maximum absolute atomic E-state index is 12.3. The van der Waals surface area contributed by atoms with Crippen LogP contribution in [0, 0.1) is 0 Å². The van der Waals surface area contributed by atoms with Crippen LogP contribution in [0.3, 0.4) is 0 Å². The molecule has 0 atom stereocenters. The van der Waals surface area contributed by atoms with E-state index in [2.05, 4.69) is 34.7 Å². The van der Waals surface area contributed by atoms with Gasteiger partial charge in [-0.2, -0.15) is 0 Å². The van der Waals surface area contributed by atoms with Crippen molar-refractivity contribution in [1.29, 1.82) is 0 Å². The fraction of sp³-hybridized carbons (Fsp3) is 0.222. The van der Waals surface area contributed by atoms with Crippen molar-refractivity contribution in [1.82, 2.24) is 20.2 Å². The average Bonchev–Trinajstić information content (AvgIpc) is 3.01. The number of aryl methyl sites for hydroxylation is 1. The number of aromatic nitrogens is 4. The van der Waals surface area contributed by atoms with Crippen molar-refractivity contribution in [2.75, 3.05) is 5.32 Å². The van der Waals surface area contributed by atoms with Gasteiger partial charge in [-0.25, -0.2) is 4.68 Å². The first-order chi connectivity index (χ1) is 11.5. The number of nitrogens with one attached hydrogen (secondary N) is 1. The smallest absolute Gasteiger partial charge is 0.255 e. The topological polar surface area (TPSA) is 72.7 Å². The maximum Gasteiger partial charge on any atom is 0.255 e. The largest absolute Gasteiger partial charge is 0.322 e. The van der Waals surface area contributed by atoms with Crippen LogP contribution in [0.15, 0.2) is 48.5 Å². The Kier molecular flexibility index (Phi) is 4.37. The summed E-state index contributed by atoms with van der Waals surface area (Å²) in [5.41, 5.74) is 3.47. The molecule has 1 aromatic heterocycles. The summed E-state index contributed by atoms with van der Waals surface area (Å²) in [6, 6.07) is 15.1. The number of carbonyl (C=O) groups is 1. The zero-order chi connectivity index (χ0) is 17.1. The van der Waals surface area contributed by atoms with Gasteiger partial charge in [0, 0.05) is 23.9 Å². The van der Waals surface area contributed by atoms with Crippen LogP contribution in [0.4, 0.5) is 5.69 Å². The van der Waals surface area contributed by atoms with Gasteiger partial charge in [-0.05, 0) is 46.2 Å². The van der Waals surface area contributed by atoms with Crippen molar-refractivity contribution >= 4 is 11.6 Å². The molecule has 0 aliphatic rings. The van der Waals surface area contributed by atoms with Crippen LogP contribution in [0.25, 0.3) is 11.4 Å². The summed E-state index contributed by atoms with van der Waals surface area (Å²) in [5, 5.41) is 14.3. The monoisotopic (exact) mass is 321 g/mol. The normalized spacial score (nSPS) is 10.8. The van der Waals surface area contributed by atoms with E-state index < -0.39 is 0 Å². The molecule has 0 saturated carbocycles. The van der Waals surface area contributed by atoms with Crippen molar-refractivity contribution in [3.63, 3.8) is 0 Å². The lowest BCUT2D eigenvalue weighted by Crippen LogP contribution is -2.11. The van der Waals surface area contributed by atoms with Crippen LogP contribution in [-0.4, -0.2) is 26.1 Å². The number of nitrogens with zero attached hydrogens (tertiary/aromatic N) is 4. The van der Waals surface area contributed by atoms with Crippen molar-refractivity contribution in [2.45, 2.75) is 19.8 Å². The van der Waals surface area contributed by atoms with E-state index in [4.69, 9.17) is 0 Å². The summed E-state index contributed by atoms with van der Waals surface area (Å²) in [6.07, 6.45) is 0. The number of amides is 1. The number of rotatable bonds is 4. The van der Waals surface area contributed by atoms with Crippen LogP contribution in [0.5, 0.6) is 0 Å². The molecule has 6 heteroatoms. The third-order valence-corrected chi connectivity index (χ3v) is 3.86. The van der Waals surface area contributed by atoms with Gasteiger partial charge in [0.2, 0.25) is 0 Å². The molecule has 0 aliphatic carbocycles. The number of tetrazole rings is 1. The number of carbonyl (C=O) groups excluding carboxylic acids is 1. The summed E-state index contributed by atoms with van der Waals surface area (Å²) in [6.45, 7) is 4.28. The van der Waals surface area contributed by atoms with Gasteiger partial charge in [0.25, 0.3) is 5.91 Å². The zero-order valence-electron chi connectivity index (χ0n) is 13.9. The van der Waals surface area contributed by atoms with Gasteiger partial charge < -0.3 is 5.32 Å². The highest BCUT2D eigenvalue weighted by molar-refractivity contribution is 6.04. The summed E-state index contributed by atoms with van der Waals surface area (Å²) < 4.78 is 1.59. The van der Waals surface area contributed by atoms with E-state index in [0.717, 1.165) is 11.3 Å². The number of hydrogen-bond acceptors (Lipinski definition) is 4. The average molecular weight is 321 g/mol. The molecule has 122 valence electrons. The van der Waals surface area contributed by atoms with E-state index in [-0.39, 0.29) is 5.91 Å². The van der Waals surface area contributed by atoms with Crippen molar-refractivity contribution in [3.05, 3.63) is 59.7 Å². The highest BCUT2D eigenvalue weighted by Gasteiger charge is 2.09. The molecule has 1 amide bonds. The molecule has 3 aromatic rings. The Morgan fingerprint density at radius 3 is 2.25 bits per heavy atom. The number of benzene rings is 2. The second kappa shape index (κ2) is 6.62. The minimum atomic E-state index is -0.144. The highest BCUT2D eigenvalue weighted by Crippen LogP contribution is 2.19. The molecule has 0 unspecified atom stereocenters. The molecule has 24 heavy (non-hydrogen) atoms. The summed E-state index contributed by atoms with van der Waals surface area (Å²) >= 11 is 0. The quantitative estimate of drug-likeness (QED) is 0.800.